The second-order valence-electron chi connectivity index (χ2n) is 7.23. The van der Waals surface area contributed by atoms with Gasteiger partial charge in [0.15, 0.2) is 17.1 Å². The maximum Gasteiger partial charge on any atom is 0.342 e. The van der Waals surface area contributed by atoms with E-state index in [4.69, 9.17) is 18.6 Å². The molecule has 2 aromatic heterocycles. The lowest BCUT2D eigenvalue weighted by Crippen LogP contribution is -2.06. The Morgan fingerprint density at radius 3 is 2.27 bits per heavy atom. The van der Waals surface area contributed by atoms with Crippen LogP contribution in [0.2, 0.25) is 0 Å². The number of methoxy groups -OCH3 is 2. The lowest BCUT2D eigenvalue weighted by molar-refractivity contribution is 0.0694. The molecule has 0 amide bonds. The highest BCUT2D eigenvalue weighted by atomic mass is 16.5. The van der Waals surface area contributed by atoms with Crippen LogP contribution in [0.15, 0.2) is 77.2 Å². The number of aromatic carboxylic acids is 1. The van der Waals surface area contributed by atoms with E-state index in [9.17, 15) is 9.90 Å². The quantitative estimate of drug-likeness (QED) is 0.338. The van der Waals surface area contributed by atoms with Gasteiger partial charge in [-0.05, 0) is 42.0 Å². The van der Waals surface area contributed by atoms with E-state index in [1.54, 1.807) is 55.6 Å². The number of furan rings is 1. The largest absolute Gasteiger partial charge is 0.497 e. The number of hydrogen-bond acceptors (Lipinski definition) is 6. The number of carboxylic acids is 1. The Hall–Kier alpha value is -4.52. The van der Waals surface area contributed by atoms with Crippen LogP contribution in [0.3, 0.4) is 0 Å². The van der Waals surface area contributed by atoms with Crippen molar-refractivity contribution >= 4 is 28.0 Å². The van der Waals surface area contributed by atoms with Gasteiger partial charge >= 0.3 is 5.97 Å². The van der Waals surface area contributed by atoms with Gasteiger partial charge in [-0.25, -0.2) is 9.78 Å². The monoisotopic (exact) mass is 441 g/mol. The van der Waals surface area contributed by atoms with Crippen LogP contribution in [0.1, 0.15) is 10.4 Å². The molecule has 0 aliphatic rings. The predicted molar refractivity (Wildman–Crippen MR) is 124 cm³/mol. The third kappa shape index (κ3) is 3.49. The highest BCUT2D eigenvalue weighted by Gasteiger charge is 2.27. The number of pyridine rings is 1. The normalized spacial score (nSPS) is 11.0. The molecule has 2 heterocycles. The van der Waals surface area contributed by atoms with Gasteiger partial charge in [0.1, 0.15) is 22.4 Å². The van der Waals surface area contributed by atoms with Gasteiger partial charge in [-0.2, -0.15) is 0 Å². The molecule has 0 saturated carbocycles. The number of hydrogen-bond donors (Lipinski definition) is 1. The molecule has 164 valence electrons. The number of carbonyl (C=O) groups is 1. The van der Waals surface area contributed by atoms with Gasteiger partial charge in [0.25, 0.3) is 0 Å². The Kier molecular flexibility index (Phi) is 5.06. The van der Waals surface area contributed by atoms with Gasteiger partial charge in [0.2, 0.25) is 5.88 Å². The molecule has 5 aromatic rings. The fourth-order valence-electron chi connectivity index (χ4n) is 3.80. The Balaban J connectivity index is 1.85. The summed E-state index contributed by atoms with van der Waals surface area (Å²) in [6.07, 6.45) is 0. The van der Waals surface area contributed by atoms with E-state index in [1.165, 1.54) is 7.11 Å². The third-order valence-corrected chi connectivity index (χ3v) is 5.34. The molecule has 0 fully saturated rings. The van der Waals surface area contributed by atoms with Gasteiger partial charge in [0, 0.05) is 10.9 Å². The van der Waals surface area contributed by atoms with Crippen molar-refractivity contribution in [3.63, 3.8) is 0 Å². The summed E-state index contributed by atoms with van der Waals surface area (Å²) in [5.74, 6) is 0.204. The zero-order valence-corrected chi connectivity index (χ0v) is 17.9. The van der Waals surface area contributed by atoms with E-state index >= 15 is 0 Å². The average Bonchev–Trinajstić information content (AvgIpc) is 3.22. The second-order valence-corrected chi connectivity index (χ2v) is 7.23. The van der Waals surface area contributed by atoms with E-state index < -0.39 is 5.97 Å². The highest BCUT2D eigenvalue weighted by molar-refractivity contribution is 6.13. The average molecular weight is 441 g/mol. The van der Waals surface area contributed by atoms with Crippen molar-refractivity contribution in [1.82, 2.24) is 4.98 Å². The number of benzene rings is 3. The van der Waals surface area contributed by atoms with Crippen LogP contribution < -0.4 is 14.2 Å². The molecular weight excluding hydrogens is 422 g/mol. The number of aromatic nitrogens is 1. The molecule has 0 atom stereocenters. The molecule has 0 spiro atoms. The van der Waals surface area contributed by atoms with Crippen molar-refractivity contribution in [3.8, 4) is 34.3 Å². The topological polar surface area (TPSA) is 91.0 Å². The number of nitrogens with zero attached hydrogens (tertiary/aromatic N) is 1. The summed E-state index contributed by atoms with van der Waals surface area (Å²) in [7, 11) is 3.09. The summed E-state index contributed by atoms with van der Waals surface area (Å²) in [6.45, 7) is 0. The number of fused-ring (bicyclic) bond motifs is 3. The SMILES string of the molecule is COc1ccc(-c2c(C(=O)O)c(Oc3ccccc3OC)nc3c2oc2ccccc23)cc1. The van der Waals surface area contributed by atoms with Crippen LogP contribution in [-0.4, -0.2) is 30.3 Å². The van der Waals surface area contributed by atoms with Crippen LogP contribution in [0.25, 0.3) is 33.2 Å². The number of rotatable bonds is 6. The van der Waals surface area contributed by atoms with Crippen molar-refractivity contribution in [1.29, 1.82) is 0 Å². The van der Waals surface area contributed by atoms with Gasteiger partial charge in [-0.15, -0.1) is 0 Å². The van der Waals surface area contributed by atoms with Crippen LogP contribution in [0.5, 0.6) is 23.1 Å². The van der Waals surface area contributed by atoms with E-state index in [-0.39, 0.29) is 11.4 Å². The standard InChI is InChI=1S/C26H19NO6/c1-30-16-13-11-15(12-14-16)21-22(26(28)29)25(33-20-10-6-5-9-19(20)31-2)27-23-17-7-3-4-8-18(17)32-24(21)23/h3-14H,1-2H3,(H,28,29). The third-order valence-electron chi connectivity index (χ3n) is 5.34. The Bertz CT molecular complexity index is 1490. The first-order chi connectivity index (χ1) is 16.1. The molecule has 7 nitrogen and oxygen atoms in total. The number of carboxylic acid groups (broad SMARTS) is 1. The van der Waals surface area contributed by atoms with Crippen molar-refractivity contribution in [2.24, 2.45) is 0 Å². The highest BCUT2D eigenvalue weighted by Crippen LogP contribution is 2.43. The van der Waals surface area contributed by atoms with E-state index in [0.717, 1.165) is 5.39 Å². The molecule has 0 radical (unpaired) electrons. The number of ether oxygens (including phenoxy) is 3. The molecule has 0 saturated heterocycles. The molecule has 0 unspecified atom stereocenters. The van der Waals surface area contributed by atoms with Gasteiger partial charge in [-0.3, -0.25) is 0 Å². The second kappa shape index (κ2) is 8.20. The zero-order valence-electron chi connectivity index (χ0n) is 17.9. The summed E-state index contributed by atoms with van der Waals surface area (Å²) in [4.78, 5) is 17.1. The summed E-state index contributed by atoms with van der Waals surface area (Å²) in [5.41, 5.74) is 2.36. The summed E-state index contributed by atoms with van der Waals surface area (Å²) in [6, 6.07) is 21.5. The fourth-order valence-corrected chi connectivity index (χ4v) is 3.80. The minimum absolute atomic E-state index is 0.0585. The molecule has 0 aliphatic carbocycles. The number of para-hydroxylation sites is 3. The fraction of sp³-hybridized carbons (Fsp3) is 0.0769. The van der Waals surface area contributed by atoms with Crippen LogP contribution in [0, 0.1) is 0 Å². The molecule has 33 heavy (non-hydrogen) atoms. The van der Waals surface area contributed by atoms with Crippen molar-refractivity contribution in [3.05, 3.63) is 78.4 Å². The zero-order chi connectivity index (χ0) is 22.9. The molecular formula is C26H19NO6. The maximum absolute atomic E-state index is 12.5. The van der Waals surface area contributed by atoms with Crippen LogP contribution >= 0.6 is 0 Å². The summed E-state index contributed by atoms with van der Waals surface area (Å²) < 4.78 is 22.8. The van der Waals surface area contributed by atoms with Crippen LogP contribution in [0.4, 0.5) is 0 Å². The maximum atomic E-state index is 12.5. The smallest absolute Gasteiger partial charge is 0.342 e. The lowest BCUT2D eigenvalue weighted by Gasteiger charge is -2.14. The predicted octanol–water partition coefficient (Wildman–Crippen LogP) is 6.16. The van der Waals surface area contributed by atoms with Crippen molar-refractivity contribution in [2.75, 3.05) is 14.2 Å². The van der Waals surface area contributed by atoms with E-state index in [1.807, 2.05) is 24.3 Å². The van der Waals surface area contributed by atoms with E-state index in [0.29, 0.717) is 45.1 Å². The molecule has 0 aliphatic heterocycles. The van der Waals surface area contributed by atoms with Gasteiger partial charge < -0.3 is 23.7 Å². The summed E-state index contributed by atoms with van der Waals surface area (Å²) >= 11 is 0. The minimum Gasteiger partial charge on any atom is -0.497 e. The van der Waals surface area contributed by atoms with Crippen molar-refractivity contribution in [2.45, 2.75) is 0 Å². The first-order valence-electron chi connectivity index (χ1n) is 10.1. The Labute approximate surface area is 188 Å². The lowest BCUT2D eigenvalue weighted by atomic mass is 9.99. The molecule has 1 N–H and O–H groups in total. The molecule has 5 rings (SSSR count). The van der Waals surface area contributed by atoms with E-state index in [2.05, 4.69) is 4.98 Å². The van der Waals surface area contributed by atoms with Crippen LogP contribution in [-0.2, 0) is 0 Å². The van der Waals surface area contributed by atoms with Gasteiger partial charge in [0.05, 0.1) is 14.2 Å². The first kappa shape index (κ1) is 20.4. The minimum atomic E-state index is -1.19. The first-order valence-corrected chi connectivity index (χ1v) is 10.1. The molecule has 7 heteroatoms. The van der Waals surface area contributed by atoms with Crippen molar-refractivity contribution < 1.29 is 28.5 Å². The summed E-state index contributed by atoms with van der Waals surface area (Å²) in [5, 5.41) is 11.0. The Morgan fingerprint density at radius 1 is 0.879 bits per heavy atom. The Morgan fingerprint density at radius 2 is 1.58 bits per heavy atom. The molecule has 0 bridgehead atoms. The van der Waals surface area contributed by atoms with Gasteiger partial charge in [-0.1, -0.05) is 36.4 Å². The molecule has 3 aromatic carbocycles.